The van der Waals surface area contributed by atoms with Gasteiger partial charge in [0.05, 0.1) is 5.54 Å². The summed E-state index contributed by atoms with van der Waals surface area (Å²) < 4.78 is 34.6. The zero-order chi connectivity index (χ0) is 9.83. The molecule has 0 heterocycles. The molecule has 0 spiro atoms. The molecule has 0 aromatic heterocycles. The molecule has 70 valence electrons. The maximum atomic E-state index is 11.5. The molecule has 4 heteroatoms. The summed E-state index contributed by atoms with van der Waals surface area (Å²) in [6.07, 6.45) is -2.04. The molecule has 0 rings (SSSR count). The van der Waals surface area contributed by atoms with Gasteiger partial charge in [0, 0.05) is 12.3 Å². The Labute approximate surface area is 70.0 Å². The summed E-state index contributed by atoms with van der Waals surface area (Å²) >= 11 is 0. The van der Waals surface area contributed by atoms with E-state index in [1.807, 2.05) is 20.8 Å². The molecule has 1 nitrogen and oxygen atoms in total. The fraction of sp³-hybridized carbons (Fsp3) is 0.625. The van der Waals surface area contributed by atoms with E-state index in [4.69, 9.17) is 0 Å². The lowest BCUT2D eigenvalue weighted by Gasteiger charge is -2.09. The van der Waals surface area contributed by atoms with Gasteiger partial charge in [0.15, 0.2) is 0 Å². The maximum Gasteiger partial charge on any atom is 0.409 e. The normalized spacial score (nSPS) is 14.8. The Balaban J connectivity index is 4.00. The van der Waals surface area contributed by atoms with Gasteiger partial charge < -0.3 is 0 Å². The van der Waals surface area contributed by atoms with Gasteiger partial charge in [0.1, 0.15) is 0 Å². The highest BCUT2D eigenvalue weighted by Gasteiger charge is 2.21. The summed E-state index contributed by atoms with van der Waals surface area (Å²) in [6, 6.07) is 0. The Bertz CT molecular complexity index is 161. The molecule has 0 fully saturated rings. The van der Waals surface area contributed by atoms with Gasteiger partial charge in [-0.15, -0.1) is 0 Å². The van der Waals surface area contributed by atoms with Crippen LogP contribution in [0.15, 0.2) is 17.1 Å². The topological polar surface area (TPSA) is 12.4 Å². The Morgan fingerprint density at radius 1 is 1.08 bits per heavy atom. The van der Waals surface area contributed by atoms with Crippen LogP contribution in [0.5, 0.6) is 0 Å². The Morgan fingerprint density at radius 3 is 1.92 bits per heavy atom. The highest BCUT2D eigenvalue weighted by Crippen LogP contribution is 2.15. The standard InChI is InChI=1S/C8H12F3N/c1-7(2,3)12-6-4-5-8(9,10)11/h4-6H,1-3H3. The van der Waals surface area contributed by atoms with Crippen LogP contribution in [0.1, 0.15) is 20.8 Å². The third-order valence-corrected chi connectivity index (χ3v) is 0.833. The summed E-state index contributed by atoms with van der Waals surface area (Å²) in [5.74, 6) is 0. The smallest absolute Gasteiger partial charge is 0.287 e. The predicted molar refractivity (Wildman–Crippen MR) is 43.4 cm³/mol. The Morgan fingerprint density at radius 2 is 1.58 bits per heavy atom. The minimum Gasteiger partial charge on any atom is -0.287 e. The van der Waals surface area contributed by atoms with Gasteiger partial charge in [-0.25, -0.2) is 0 Å². The van der Waals surface area contributed by atoms with Crippen LogP contribution in [0.3, 0.4) is 0 Å². The molecule has 0 unspecified atom stereocenters. The molecular weight excluding hydrogens is 167 g/mol. The van der Waals surface area contributed by atoms with Crippen LogP contribution in [0.4, 0.5) is 13.2 Å². The van der Waals surface area contributed by atoms with Gasteiger partial charge in [-0.05, 0) is 26.8 Å². The van der Waals surface area contributed by atoms with E-state index >= 15 is 0 Å². The first-order valence-corrected chi connectivity index (χ1v) is 3.50. The van der Waals surface area contributed by atoms with Crippen molar-refractivity contribution in [1.82, 2.24) is 0 Å². The highest BCUT2D eigenvalue weighted by atomic mass is 19.4. The highest BCUT2D eigenvalue weighted by molar-refractivity contribution is 5.71. The molecule has 0 aliphatic heterocycles. The van der Waals surface area contributed by atoms with E-state index in [0.717, 1.165) is 12.3 Å². The van der Waals surface area contributed by atoms with Crippen LogP contribution in [0.25, 0.3) is 0 Å². The van der Waals surface area contributed by atoms with Crippen molar-refractivity contribution in [1.29, 1.82) is 0 Å². The molecule has 0 aliphatic carbocycles. The van der Waals surface area contributed by atoms with E-state index in [2.05, 4.69) is 4.99 Å². The zero-order valence-electron chi connectivity index (χ0n) is 7.31. The molecule has 0 saturated carbocycles. The molecule has 0 bridgehead atoms. The van der Waals surface area contributed by atoms with Crippen molar-refractivity contribution >= 4 is 6.21 Å². The van der Waals surface area contributed by atoms with Gasteiger partial charge in [-0.3, -0.25) is 4.99 Å². The van der Waals surface area contributed by atoms with Crippen molar-refractivity contribution in [2.75, 3.05) is 0 Å². The van der Waals surface area contributed by atoms with E-state index in [9.17, 15) is 13.2 Å². The number of allylic oxidation sites excluding steroid dienone is 2. The molecular formula is C8H12F3N. The molecule has 0 aromatic carbocycles. The predicted octanol–water partition coefficient (Wildman–Crippen LogP) is 2.97. The summed E-state index contributed by atoms with van der Waals surface area (Å²) in [5.41, 5.74) is -0.323. The molecule has 0 amide bonds. The van der Waals surface area contributed by atoms with Gasteiger partial charge in [-0.2, -0.15) is 13.2 Å². The molecule has 12 heavy (non-hydrogen) atoms. The lowest BCUT2D eigenvalue weighted by atomic mass is 10.1. The van der Waals surface area contributed by atoms with Gasteiger partial charge in [0.2, 0.25) is 0 Å². The summed E-state index contributed by atoms with van der Waals surface area (Å²) in [6.45, 7) is 5.43. The van der Waals surface area contributed by atoms with Crippen molar-refractivity contribution in [2.45, 2.75) is 32.5 Å². The van der Waals surface area contributed by atoms with Crippen LogP contribution in [-0.4, -0.2) is 17.9 Å². The van der Waals surface area contributed by atoms with Gasteiger partial charge in [0.25, 0.3) is 0 Å². The summed E-state index contributed by atoms with van der Waals surface area (Å²) in [4.78, 5) is 3.85. The van der Waals surface area contributed by atoms with Crippen LogP contribution in [-0.2, 0) is 0 Å². The number of hydrogen-bond acceptors (Lipinski definition) is 1. The van der Waals surface area contributed by atoms with Crippen molar-refractivity contribution in [3.8, 4) is 0 Å². The first-order valence-electron chi connectivity index (χ1n) is 3.50. The first-order chi connectivity index (χ1) is 5.21. The van der Waals surface area contributed by atoms with Crippen LogP contribution in [0.2, 0.25) is 0 Å². The monoisotopic (exact) mass is 179 g/mol. The second kappa shape index (κ2) is 3.74. The maximum absolute atomic E-state index is 11.5. The Hall–Kier alpha value is -0.800. The van der Waals surface area contributed by atoms with E-state index < -0.39 is 6.18 Å². The molecule has 0 atom stereocenters. The number of nitrogens with zero attached hydrogens (tertiary/aromatic N) is 1. The summed E-state index contributed by atoms with van der Waals surface area (Å²) in [7, 11) is 0. The number of hydrogen-bond donors (Lipinski definition) is 0. The van der Waals surface area contributed by atoms with Crippen molar-refractivity contribution in [3.63, 3.8) is 0 Å². The largest absolute Gasteiger partial charge is 0.409 e. The van der Waals surface area contributed by atoms with Crippen LogP contribution < -0.4 is 0 Å². The summed E-state index contributed by atoms with van der Waals surface area (Å²) in [5, 5.41) is 0. The second-order valence-electron chi connectivity index (χ2n) is 3.35. The minimum absolute atomic E-state index is 0.155. The fourth-order valence-electron chi connectivity index (χ4n) is 0.419. The number of rotatable bonds is 1. The van der Waals surface area contributed by atoms with Gasteiger partial charge in [-0.1, -0.05) is 0 Å². The van der Waals surface area contributed by atoms with E-state index in [0.29, 0.717) is 0 Å². The number of halogens is 3. The average Bonchev–Trinajstić information content (AvgIpc) is 1.76. The van der Waals surface area contributed by atoms with Crippen LogP contribution in [0, 0.1) is 0 Å². The van der Waals surface area contributed by atoms with Crippen molar-refractivity contribution in [2.24, 2.45) is 4.99 Å². The fourth-order valence-corrected chi connectivity index (χ4v) is 0.419. The first kappa shape index (κ1) is 11.2. The Kier molecular flexibility index (Phi) is 3.49. The van der Waals surface area contributed by atoms with Crippen LogP contribution >= 0.6 is 0 Å². The second-order valence-corrected chi connectivity index (χ2v) is 3.35. The molecule has 0 N–H and O–H groups in total. The molecule has 0 aliphatic rings. The SMILES string of the molecule is CC(C)(C)N=CC=CC(F)(F)F. The molecule has 0 saturated heterocycles. The van der Waals surface area contributed by atoms with Crippen molar-refractivity contribution in [3.05, 3.63) is 12.2 Å². The van der Waals surface area contributed by atoms with E-state index in [-0.39, 0.29) is 11.6 Å². The lowest BCUT2D eigenvalue weighted by Crippen LogP contribution is -2.09. The minimum atomic E-state index is -4.25. The molecule has 0 aromatic rings. The third kappa shape index (κ3) is 9.20. The molecule has 0 radical (unpaired) electrons. The third-order valence-electron chi connectivity index (χ3n) is 0.833. The number of aliphatic imine (C=N–C) groups is 1. The lowest BCUT2D eigenvalue weighted by molar-refractivity contribution is -0.0797. The van der Waals surface area contributed by atoms with E-state index in [1.54, 1.807) is 0 Å². The quantitative estimate of drug-likeness (QED) is 0.549. The van der Waals surface area contributed by atoms with Gasteiger partial charge >= 0.3 is 6.18 Å². The zero-order valence-corrected chi connectivity index (χ0v) is 7.31. The van der Waals surface area contributed by atoms with E-state index in [1.165, 1.54) is 0 Å². The number of alkyl halides is 3. The average molecular weight is 179 g/mol. The van der Waals surface area contributed by atoms with Crippen molar-refractivity contribution < 1.29 is 13.2 Å².